The number of amides is 4. The Hall–Kier alpha value is -6.85. The van der Waals surface area contributed by atoms with Crippen LogP contribution in [-0.2, 0) is 24.6 Å². The van der Waals surface area contributed by atoms with E-state index in [1.165, 1.54) is 23.0 Å². The molecule has 5 aromatic rings. The van der Waals surface area contributed by atoms with Gasteiger partial charge < -0.3 is 14.7 Å². The third-order valence-corrected chi connectivity index (χ3v) is 12.9. The number of imide groups is 2. The molecule has 0 radical (unpaired) electrons. The van der Waals surface area contributed by atoms with Gasteiger partial charge in [0.15, 0.2) is 11.5 Å². The van der Waals surface area contributed by atoms with Crippen molar-refractivity contribution in [2.45, 2.75) is 18.3 Å². The van der Waals surface area contributed by atoms with E-state index in [0.29, 0.717) is 38.9 Å². The van der Waals surface area contributed by atoms with E-state index in [9.17, 15) is 19.5 Å². The van der Waals surface area contributed by atoms with Crippen molar-refractivity contribution in [3.63, 3.8) is 0 Å². The lowest BCUT2D eigenvalue weighted by molar-refractivity contribution is -0.128. The Morgan fingerprint density at radius 3 is 2.15 bits per heavy atom. The molecule has 4 aliphatic rings. The summed E-state index contributed by atoms with van der Waals surface area (Å²) in [4.78, 5) is 64.0. The summed E-state index contributed by atoms with van der Waals surface area (Å²) in [5.41, 5.74) is 3.85. The molecule has 9 rings (SSSR count). The number of benzene rings is 5. The lowest BCUT2D eigenvalue weighted by Gasteiger charge is -2.49. The molecule has 4 amide bonds. The van der Waals surface area contributed by atoms with E-state index in [1.807, 2.05) is 91.8 Å². The summed E-state index contributed by atoms with van der Waals surface area (Å²) in [5, 5.41) is 19.4. The second kappa shape index (κ2) is 15.6. The summed E-state index contributed by atoms with van der Waals surface area (Å²) < 4.78 is 5.39. The van der Waals surface area contributed by atoms with Crippen molar-refractivity contribution in [3.8, 4) is 11.5 Å². The van der Waals surface area contributed by atoms with Crippen LogP contribution >= 0.6 is 11.6 Å². The topological polar surface area (TPSA) is 132 Å². The number of ether oxygens (including phenoxy) is 1. The first-order chi connectivity index (χ1) is 29.5. The molecule has 5 aromatic carbocycles. The van der Waals surface area contributed by atoms with Crippen LogP contribution in [-0.4, -0.2) is 49.9 Å². The monoisotopic (exact) mass is 831 g/mol. The van der Waals surface area contributed by atoms with Crippen LogP contribution in [0.4, 0.5) is 28.4 Å². The van der Waals surface area contributed by atoms with Crippen LogP contribution in [0.2, 0.25) is 5.02 Å². The van der Waals surface area contributed by atoms with Crippen molar-refractivity contribution in [1.82, 2.24) is 0 Å². The van der Waals surface area contributed by atoms with Crippen molar-refractivity contribution in [2.24, 2.45) is 39.8 Å². The van der Waals surface area contributed by atoms with E-state index < -0.39 is 46.8 Å². The van der Waals surface area contributed by atoms with E-state index in [0.717, 1.165) is 11.3 Å². The van der Waals surface area contributed by atoms with Gasteiger partial charge in [0.1, 0.15) is 0 Å². The van der Waals surface area contributed by atoms with Gasteiger partial charge in [0.05, 0.1) is 53.0 Å². The minimum Gasteiger partial charge on any atom is -0.504 e. The van der Waals surface area contributed by atoms with Gasteiger partial charge in [-0.1, -0.05) is 77.9 Å². The van der Waals surface area contributed by atoms with Crippen molar-refractivity contribution in [2.75, 3.05) is 35.9 Å². The summed E-state index contributed by atoms with van der Waals surface area (Å²) in [6.45, 7) is 0. The minimum atomic E-state index is -1.41. The Morgan fingerprint density at radius 1 is 0.770 bits per heavy atom. The quantitative estimate of drug-likeness (QED) is 0.0890. The molecule has 12 heteroatoms. The lowest BCUT2D eigenvalue weighted by Crippen LogP contribution is -2.54. The Bertz CT molecular complexity index is 2660. The van der Waals surface area contributed by atoms with Gasteiger partial charge in [0.25, 0.3) is 0 Å². The zero-order chi connectivity index (χ0) is 42.6. The number of hydrogen-bond acceptors (Lipinski definition) is 9. The summed E-state index contributed by atoms with van der Waals surface area (Å²) in [6, 6.07) is 35.5. The van der Waals surface area contributed by atoms with Gasteiger partial charge in [0.2, 0.25) is 23.6 Å². The Labute approximate surface area is 358 Å². The number of anilines is 3. The van der Waals surface area contributed by atoms with Crippen LogP contribution in [0.25, 0.3) is 6.08 Å². The fraction of sp³-hybridized carbons (Fsp3) is 0.224. The average molecular weight is 832 g/mol. The highest BCUT2D eigenvalue weighted by atomic mass is 35.5. The Morgan fingerprint density at radius 2 is 1.48 bits per heavy atom. The molecule has 6 atom stereocenters. The number of methoxy groups -OCH3 is 1. The minimum absolute atomic E-state index is 0.0213. The van der Waals surface area contributed by atoms with E-state index in [4.69, 9.17) is 16.3 Å². The fourth-order valence-corrected chi connectivity index (χ4v) is 10.0. The maximum atomic E-state index is 15.4. The fourth-order valence-electron chi connectivity index (χ4n) is 9.85. The summed E-state index contributed by atoms with van der Waals surface area (Å²) in [5.74, 6) is -4.74. The number of carbonyl (C=O) groups excluding carboxylic acids is 4. The highest BCUT2D eigenvalue weighted by Gasteiger charge is 2.69. The molecule has 2 aliphatic carbocycles. The Balaban J connectivity index is 1.10. The predicted molar refractivity (Wildman–Crippen MR) is 234 cm³/mol. The van der Waals surface area contributed by atoms with Crippen molar-refractivity contribution < 1.29 is 29.0 Å². The first-order valence-corrected chi connectivity index (χ1v) is 20.5. The lowest BCUT2D eigenvalue weighted by atomic mass is 9.50. The molecule has 11 nitrogen and oxygen atoms in total. The molecular formula is C49H42ClN5O6. The second-order valence-corrected chi connectivity index (χ2v) is 16.5. The number of nitrogens with zero attached hydrogens (tertiary/aromatic N) is 5. The number of allylic oxidation sites excluding steroid dienone is 3. The molecule has 0 spiro atoms. The normalized spacial score (nSPS) is 24.6. The summed E-state index contributed by atoms with van der Waals surface area (Å²) >= 11 is 6.44. The van der Waals surface area contributed by atoms with E-state index in [-0.39, 0.29) is 36.2 Å². The SMILES string of the molecule is COc1cc(C=C[C@H]2C3=CC[C@@H]4C(=O)N(c5ccc(N=Nc6ccc(N(C)C)cc6)cc5)C(=O)[C@@H]4[C@@H]3C[C@H]3C(=O)N(c4cccc(Cl)c4)C(=O)[C@@]23c2ccccc2)ccc1O. The van der Waals surface area contributed by atoms with Gasteiger partial charge in [-0.15, -0.1) is 0 Å². The first-order valence-electron chi connectivity index (χ1n) is 20.1. The van der Waals surface area contributed by atoms with Gasteiger partial charge in [-0.2, -0.15) is 10.2 Å². The highest BCUT2D eigenvalue weighted by molar-refractivity contribution is 6.32. The molecular weight excluding hydrogens is 790 g/mol. The number of hydrogen-bond donors (Lipinski definition) is 1. The third kappa shape index (κ3) is 6.60. The van der Waals surface area contributed by atoms with Crippen LogP contribution in [0.15, 0.2) is 149 Å². The Kier molecular flexibility index (Phi) is 10.2. The highest BCUT2D eigenvalue weighted by Crippen LogP contribution is 2.62. The van der Waals surface area contributed by atoms with Gasteiger partial charge in [-0.25, -0.2) is 4.90 Å². The smallest absolute Gasteiger partial charge is 0.246 e. The first kappa shape index (κ1) is 39.6. The molecule has 2 saturated heterocycles. The van der Waals surface area contributed by atoms with Gasteiger partial charge in [0, 0.05) is 30.7 Å². The molecule has 0 aromatic heterocycles. The molecule has 1 N–H and O–H groups in total. The van der Waals surface area contributed by atoms with Gasteiger partial charge in [-0.05, 0) is 109 Å². The molecule has 306 valence electrons. The molecule has 1 saturated carbocycles. The van der Waals surface area contributed by atoms with Crippen molar-refractivity contribution >= 4 is 69.7 Å². The van der Waals surface area contributed by atoms with Crippen LogP contribution in [0.3, 0.4) is 0 Å². The number of carbonyl (C=O) groups is 4. The maximum absolute atomic E-state index is 15.4. The van der Waals surface area contributed by atoms with E-state index in [2.05, 4.69) is 10.2 Å². The van der Waals surface area contributed by atoms with Crippen LogP contribution in [0.5, 0.6) is 11.5 Å². The zero-order valence-electron chi connectivity index (χ0n) is 33.7. The van der Waals surface area contributed by atoms with E-state index >= 15 is 4.79 Å². The second-order valence-electron chi connectivity index (χ2n) is 16.1. The number of rotatable bonds is 9. The average Bonchev–Trinajstić information content (AvgIpc) is 3.66. The molecule has 0 bridgehead atoms. The standard InChI is InChI=1S/C49H42ClN5O6/c1-53(2)34-18-14-32(15-19-34)51-52-33-16-20-35(21-17-33)54-45(57)38-23-22-37-39(44(38)47(54)59)28-41-46(58)55(36-11-7-10-31(50)27-36)48(60)49(41,30-8-5-4-6-9-30)40(37)24-12-29-13-25-42(56)43(26-29)61-3/h4-22,24-27,38-41,44,56H,23,28H2,1-3H3/t38-,39+,40-,41-,44-,49-/m0/s1. The summed E-state index contributed by atoms with van der Waals surface area (Å²) in [6.07, 6.45) is 6.25. The molecule has 2 aliphatic heterocycles. The molecule has 0 unspecified atom stereocenters. The summed E-state index contributed by atoms with van der Waals surface area (Å²) in [7, 11) is 5.40. The molecule has 2 heterocycles. The molecule has 61 heavy (non-hydrogen) atoms. The van der Waals surface area contributed by atoms with Crippen LogP contribution in [0, 0.1) is 29.6 Å². The number of phenols is 1. The van der Waals surface area contributed by atoms with Crippen molar-refractivity contribution in [3.05, 3.63) is 155 Å². The number of fused-ring (bicyclic) bond motifs is 4. The number of phenolic OH excluding ortho intramolecular Hbond substituents is 1. The van der Waals surface area contributed by atoms with Gasteiger partial charge in [-0.3, -0.25) is 24.1 Å². The predicted octanol–water partition coefficient (Wildman–Crippen LogP) is 9.45. The van der Waals surface area contributed by atoms with E-state index in [1.54, 1.807) is 60.7 Å². The maximum Gasteiger partial charge on any atom is 0.246 e. The third-order valence-electron chi connectivity index (χ3n) is 12.7. The zero-order valence-corrected chi connectivity index (χ0v) is 34.4. The number of azo groups is 1. The largest absolute Gasteiger partial charge is 0.504 e. The van der Waals surface area contributed by atoms with Crippen LogP contribution < -0.4 is 19.4 Å². The van der Waals surface area contributed by atoms with Crippen molar-refractivity contribution in [1.29, 1.82) is 0 Å². The molecule has 3 fully saturated rings. The van der Waals surface area contributed by atoms with Gasteiger partial charge >= 0.3 is 0 Å². The number of aromatic hydroxyl groups is 1. The number of halogens is 1. The van der Waals surface area contributed by atoms with Crippen LogP contribution in [0.1, 0.15) is 24.0 Å².